The van der Waals surface area contributed by atoms with Crippen LogP contribution in [0, 0.1) is 12.8 Å². The van der Waals surface area contributed by atoms with Crippen molar-refractivity contribution in [2.75, 3.05) is 13.7 Å². The number of amides is 1. The fourth-order valence-corrected chi connectivity index (χ4v) is 3.09. The number of carbonyl (C=O) groups excluding carboxylic acids is 3. The van der Waals surface area contributed by atoms with Gasteiger partial charge in [0, 0.05) is 0 Å². The zero-order valence-electron chi connectivity index (χ0n) is 16.8. The van der Waals surface area contributed by atoms with Gasteiger partial charge in [-0.25, -0.2) is 14.3 Å². The SMILES string of the molecule is COC(=O)[C@@H](CC(C)C)NC(=O)COC(=O)c1c(C)nn(-c2ccccc2)c1Cl. The highest BCUT2D eigenvalue weighted by Gasteiger charge is 2.25. The molecular formula is C20H24ClN3O5. The maximum absolute atomic E-state index is 12.5. The molecule has 0 spiro atoms. The van der Waals surface area contributed by atoms with Crippen LogP contribution >= 0.6 is 11.6 Å². The minimum absolute atomic E-state index is 0.0787. The lowest BCUT2D eigenvalue weighted by atomic mass is 10.0. The van der Waals surface area contributed by atoms with Crippen molar-refractivity contribution in [2.45, 2.75) is 33.2 Å². The molecule has 9 heteroatoms. The van der Waals surface area contributed by atoms with Crippen molar-refractivity contribution in [2.24, 2.45) is 5.92 Å². The molecule has 1 aromatic carbocycles. The predicted octanol–water partition coefficient (Wildman–Crippen LogP) is 2.69. The van der Waals surface area contributed by atoms with Crippen LogP contribution in [0.2, 0.25) is 5.15 Å². The second kappa shape index (κ2) is 10.1. The minimum Gasteiger partial charge on any atom is -0.467 e. The summed E-state index contributed by atoms with van der Waals surface area (Å²) in [4.78, 5) is 36.4. The van der Waals surface area contributed by atoms with Gasteiger partial charge in [-0.2, -0.15) is 5.10 Å². The van der Waals surface area contributed by atoms with E-state index in [1.165, 1.54) is 11.8 Å². The summed E-state index contributed by atoms with van der Waals surface area (Å²) in [6.07, 6.45) is 0.404. The van der Waals surface area contributed by atoms with Gasteiger partial charge >= 0.3 is 11.9 Å². The van der Waals surface area contributed by atoms with Gasteiger partial charge in [-0.1, -0.05) is 43.6 Å². The van der Waals surface area contributed by atoms with Crippen molar-refractivity contribution >= 4 is 29.4 Å². The molecule has 1 N–H and O–H groups in total. The number of benzene rings is 1. The molecule has 0 radical (unpaired) electrons. The first-order valence-electron chi connectivity index (χ1n) is 9.09. The standard InChI is InChI=1S/C20H24ClN3O5/c1-12(2)10-15(19(26)28-4)22-16(25)11-29-20(27)17-13(3)23-24(18(17)21)14-8-6-5-7-9-14/h5-9,12,15H,10-11H2,1-4H3,(H,22,25)/t15-/m1/s1. The van der Waals surface area contributed by atoms with Crippen LogP contribution in [-0.2, 0) is 19.1 Å². The summed E-state index contributed by atoms with van der Waals surface area (Å²) in [6, 6.07) is 8.27. The zero-order chi connectivity index (χ0) is 21.6. The number of hydrogen-bond acceptors (Lipinski definition) is 6. The summed E-state index contributed by atoms with van der Waals surface area (Å²) in [5, 5.41) is 6.88. The summed E-state index contributed by atoms with van der Waals surface area (Å²) < 4.78 is 11.2. The molecule has 1 aromatic heterocycles. The van der Waals surface area contributed by atoms with E-state index >= 15 is 0 Å². The highest BCUT2D eigenvalue weighted by Crippen LogP contribution is 2.24. The number of nitrogens with zero attached hydrogens (tertiary/aromatic N) is 2. The van der Waals surface area contributed by atoms with Gasteiger partial charge < -0.3 is 14.8 Å². The van der Waals surface area contributed by atoms with E-state index in [4.69, 9.17) is 21.1 Å². The Labute approximate surface area is 174 Å². The molecule has 156 valence electrons. The molecule has 1 amide bonds. The molecule has 2 aromatic rings. The van der Waals surface area contributed by atoms with Gasteiger partial charge in [0.25, 0.3) is 5.91 Å². The molecule has 0 unspecified atom stereocenters. The smallest absolute Gasteiger partial charge is 0.343 e. The van der Waals surface area contributed by atoms with Gasteiger partial charge in [-0.15, -0.1) is 0 Å². The number of hydrogen-bond donors (Lipinski definition) is 1. The molecule has 0 aliphatic carbocycles. The molecule has 0 aliphatic heterocycles. The summed E-state index contributed by atoms with van der Waals surface area (Å²) >= 11 is 6.31. The molecule has 0 saturated carbocycles. The van der Waals surface area contributed by atoms with Gasteiger partial charge in [0.1, 0.15) is 16.8 Å². The van der Waals surface area contributed by atoms with E-state index in [2.05, 4.69) is 10.4 Å². The van der Waals surface area contributed by atoms with E-state index in [-0.39, 0.29) is 16.6 Å². The van der Waals surface area contributed by atoms with Gasteiger partial charge in [0.05, 0.1) is 18.5 Å². The van der Waals surface area contributed by atoms with Crippen LogP contribution in [0.25, 0.3) is 5.69 Å². The number of nitrogens with one attached hydrogen (secondary N) is 1. The first-order chi connectivity index (χ1) is 13.7. The molecule has 0 bridgehead atoms. The number of aromatic nitrogens is 2. The number of carbonyl (C=O) groups is 3. The fourth-order valence-electron chi connectivity index (χ4n) is 2.74. The third-order valence-corrected chi connectivity index (χ3v) is 4.42. The lowest BCUT2D eigenvalue weighted by Crippen LogP contribution is -2.44. The first-order valence-corrected chi connectivity index (χ1v) is 9.47. The highest BCUT2D eigenvalue weighted by molar-refractivity contribution is 6.33. The fraction of sp³-hybridized carbons (Fsp3) is 0.400. The van der Waals surface area contributed by atoms with Gasteiger partial charge in [0.15, 0.2) is 6.61 Å². The second-order valence-corrected chi connectivity index (χ2v) is 7.21. The second-order valence-electron chi connectivity index (χ2n) is 6.85. The quantitative estimate of drug-likeness (QED) is 0.658. The lowest BCUT2D eigenvalue weighted by molar-refractivity contribution is -0.145. The van der Waals surface area contributed by atoms with Gasteiger partial charge in [-0.3, -0.25) is 4.79 Å². The Bertz CT molecular complexity index is 880. The van der Waals surface area contributed by atoms with E-state index in [0.29, 0.717) is 17.8 Å². The van der Waals surface area contributed by atoms with E-state index in [1.807, 2.05) is 32.0 Å². The molecule has 1 atom stereocenters. The van der Waals surface area contributed by atoms with Crippen molar-refractivity contribution in [3.05, 3.63) is 46.7 Å². The Hall–Kier alpha value is -2.87. The van der Waals surface area contributed by atoms with Crippen LogP contribution in [0.4, 0.5) is 0 Å². The third kappa shape index (κ3) is 5.80. The van der Waals surface area contributed by atoms with Gasteiger partial charge in [-0.05, 0) is 31.4 Å². The predicted molar refractivity (Wildman–Crippen MR) is 107 cm³/mol. The molecule has 29 heavy (non-hydrogen) atoms. The summed E-state index contributed by atoms with van der Waals surface area (Å²) in [6.45, 7) is 4.89. The van der Waals surface area contributed by atoms with Crippen LogP contribution < -0.4 is 5.32 Å². The molecule has 0 saturated heterocycles. The van der Waals surface area contributed by atoms with Crippen LogP contribution in [0.15, 0.2) is 30.3 Å². The Balaban J connectivity index is 2.04. The maximum atomic E-state index is 12.5. The highest BCUT2D eigenvalue weighted by atomic mass is 35.5. The van der Waals surface area contributed by atoms with Crippen LogP contribution in [0.3, 0.4) is 0 Å². The summed E-state index contributed by atoms with van der Waals surface area (Å²) in [5.74, 6) is -1.78. The topological polar surface area (TPSA) is 99.5 Å². The minimum atomic E-state index is -0.808. The Morgan fingerprint density at radius 3 is 2.45 bits per heavy atom. The molecule has 2 rings (SSSR count). The largest absolute Gasteiger partial charge is 0.467 e. The zero-order valence-corrected chi connectivity index (χ0v) is 17.5. The monoisotopic (exact) mass is 421 g/mol. The van der Waals surface area contributed by atoms with Crippen LogP contribution in [0.1, 0.15) is 36.3 Å². The molecule has 8 nitrogen and oxygen atoms in total. The maximum Gasteiger partial charge on any atom is 0.343 e. The van der Waals surface area contributed by atoms with Gasteiger partial charge in [0.2, 0.25) is 0 Å². The number of halogens is 1. The number of methoxy groups -OCH3 is 1. The Morgan fingerprint density at radius 1 is 1.21 bits per heavy atom. The van der Waals surface area contributed by atoms with E-state index < -0.39 is 30.5 Å². The molecule has 1 heterocycles. The average Bonchev–Trinajstić information content (AvgIpc) is 2.99. The van der Waals surface area contributed by atoms with Crippen LogP contribution in [0.5, 0.6) is 0 Å². The average molecular weight is 422 g/mol. The third-order valence-electron chi connectivity index (χ3n) is 4.07. The number of rotatable bonds is 8. The Kier molecular flexibility index (Phi) is 7.78. The number of para-hydroxylation sites is 1. The normalized spacial score (nSPS) is 11.8. The lowest BCUT2D eigenvalue weighted by Gasteiger charge is -2.18. The van der Waals surface area contributed by atoms with Crippen LogP contribution in [-0.4, -0.2) is 47.4 Å². The van der Waals surface area contributed by atoms with E-state index in [0.717, 1.165) is 0 Å². The number of esters is 2. The molecule has 0 aliphatic rings. The van der Waals surface area contributed by atoms with E-state index in [9.17, 15) is 14.4 Å². The van der Waals surface area contributed by atoms with Crippen molar-refractivity contribution in [1.82, 2.24) is 15.1 Å². The first kappa shape index (κ1) is 22.4. The number of aryl methyl sites for hydroxylation is 1. The summed E-state index contributed by atoms with van der Waals surface area (Å²) in [7, 11) is 1.25. The molecule has 0 fully saturated rings. The number of ether oxygens (including phenoxy) is 2. The van der Waals surface area contributed by atoms with E-state index in [1.54, 1.807) is 19.1 Å². The van der Waals surface area contributed by atoms with Crippen molar-refractivity contribution < 1.29 is 23.9 Å². The summed E-state index contributed by atoms with van der Waals surface area (Å²) in [5.41, 5.74) is 1.14. The molecular weight excluding hydrogens is 398 g/mol. The van der Waals surface area contributed by atoms with Crippen molar-refractivity contribution in [1.29, 1.82) is 0 Å². The van der Waals surface area contributed by atoms with Crippen molar-refractivity contribution in [3.63, 3.8) is 0 Å². The van der Waals surface area contributed by atoms with Crippen molar-refractivity contribution in [3.8, 4) is 5.69 Å². The Morgan fingerprint density at radius 2 is 1.86 bits per heavy atom.